The SMILES string of the molecule is CC(C(=O)N1CCCC(C)(C)CC1)=C1CNC1. The number of rotatable bonds is 1. The Bertz CT molecular complexity index is 338. The molecular formula is C14H24N2O. The molecular weight excluding hydrogens is 212 g/mol. The van der Waals surface area contributed by atoms with Crippen molar-refractivity contribution in [1.82, 2.24) is 10.2 Å². The molecule has 3 heteroatoms. The van der Waals surface area contributed by atoms with Gasteiger partial charge in [0.05, 0.1) is 0 Å². The highest BCUT2D eigenvalue weighted by Gasteiger charge is 2.27. The van der Waals surface area contributed by atoms with Crippen molar-refractivity contribution >= 4 is 5.91 Å². The van der Waals surface area contributed by atoms with Gasteiger partial charge in [-0.15, -0.1) is 0 Å². The topological polar surface area (TPSA) is 32.3 Å². The molecule has 0 unspecified atom stereocenters. The van der Waals surface area contributed by atoms with E-state index in [2.05, 4.69) is 24.1 Å². The number of carbonyl (C=O) groups is 1. The molecule has 2 aliphatic heterocycles. The molecule has 2 rings (SSSR count). The maximum absolute atomic E-state index is 12.3. The zero-order valence-corrected chi connectivity index (χ0v) is 11.3. The van der Waals surface area contributed by atoms with Gasteiger partial charge >= 0.3 is 0 Å². The van der Waals surface area contributed by atoms with E-state index in [4.69, 9.17) is 0 Å². The normalized spacial score (nSPS) is 23.9. The second-order valence-electron chi connectivity index (χ2n) is 6.14. The van der Waals surface area contributed by atoms with Crippen LogP contribution in [0.2, 0.25) is 0 Å². The fourth-order valence-corrected chi connectivity index (χ4v) is 2.53. The predicted octanol–water partition coefficient (Wildman–Crippen LogP) is 1.94. The molecule has 17 heavy (non-hydrogen) atoms. The third-order valence-corrected chi connectivity index (χ3v) is 4.16. The average molecular weight is 236 g/mol. The standard InChI is InChI=1S/C14H24N2O/c1-11(12-9-15-10-12)13(17)16-7-4-5-14(2,3)6-8-16/h15H,4-10H2,1-3H3. The molecule has 0 bridgehead atoms. The van der Waals surface area contributed by atoms with Crippen LogP contribution < -0.4 is 5.32 Å². The minimum atomic E-state index is 0.263. The van der Waals surface area contributed by atoms with E-state index in [0.717, 1.165) is 44.6 Å². The number of hydrogen-bond donors (Lipinski definition) is 1. The lowest BCUT2D eigenvalue weighted by atomic mass is 9.85. The maximum atomic E-state index is 12.3. The van der Waals surface area contributed by atoms with E-state index >= 15 is 0 Å². The first kappa shape index (κ1) is 12.6. The molecule has 0 radical (unpaired) electrons. The van der Waals surface area contributed by atoms with Gasteiger partial charge in [0.1, 0.15) is 0 Å². The monoisotopic (exact) mass is 236 g/mol. The highest BCUT2D eigenvalue weighted by molar-refractivity contribution is 5.94. The molecule has 0 atom stereocenters. The second-order valence-corrected chi connectivity index (χ2v) is 6.14. The van der Waals surface area contributed by atoms with Gasteiger partial charge < -0.3 is 10.2 Å². The van der Waals surface area contributed by atoms with Crippen LogP contribution in [0.5, 0.6) is 0 Å². The third kappa shape index (κ3) is 2.89. The number of hydrogen-bond acceptors (Lipinski definition) is 2. The molecule has 0 spiro atoms. The summed E-state index contributed by atoms with van der Waals surface area (Å²) in [6.45, 7) is 10.2. The molecule has 96 valence electrons. The lowest BCUT2D eigenvalue weighted by Crippen LogP contribution is -2.39. The van der Waals surface area contributed by atoms with E-state index < -0.39 is 0 Å². The van der Waals surface area contributed by atoms with Crippen LogP contribution >= 0.6 is 0 Å². The predicted molar refractivity (Wildman–Crippen MR) is 69.8 cm³/mol. The Morgan fingerprint density at radius 1 is 1.24 bits per heavy atom. The van der Waals surface area contributed by atoms with Crippen molar-refractivity contribution in [2.75, 3.05) is 26.2 Å². The largest absolute Gasteiger partial charge is 0.339 e. The number of nitrogens with one attached hydrogen (secondary N) is 1. The van der Waals surface area contributed by atoms with Gasteiger partial charge in [0, 0.05) is 31.8 Å². The zero-order valence-electron chi connectivity index (χ0n) is 11.3. The van der Waals surface area contributed by atoms with Gasteiger partial charge in [0.25, 0.3) is 0 Å². The molecule has 0 aromatic carbocycles. The fourth-order valence-electron chi connectivity index (χ4n) is 2.53. The van der Waals surface area contributed by atoms with Crippen LogP contribution in [0.15, 0.2) is 11.1 Å². The Kier molecular flexibility index (Phi) is 3.57. The van der Waals surface area contributed by atoms with E-state index in [1.165, 1.54) is 12.0 Å². The third-order valence-electron chi connectivity index (χ3n) is 4.16. The van der Waals surface area contributed by atoms with Crippen LogP contribution in [0.4, 0.5) is 0 Å². The number of amides is 1. The van der Waals surface area contributed by atoms with Crippen LogP contribution in [0.1, 0.15) is 40.0 Å². The Balaban J connectivity index is 2.00. The molecule has 0 aromatic rings. The first-order chi connectivity index (χ1) is 7.99. The van der Waals surface area contributed by atoms with Crippen molar-refractivity contribution < 1.29 is 4.79 Å². The van der Waals surface area contributed by atoms with Gasteiger partial charge in [-0.25, -0.2) is 0 Å². The minimum absolute atomic E-state index is 0.263. The molecule has 1 amide bonds. The van der Waals surface area contributed by atoms with Crippen LogP contribution in [-0.2, 0) is 4.79 Å². The van der Waals surface area contributed by atoms with Crippen LogP contribution in [0, 0.1) is 5.41 Å². The van der Waals surface area contributed by atoms with Gasteiger partial charge in [0.2, 0.25) is 5.91 Å². The lowest BCUT2D eigenvalue weighted by molar-refractivity contribution is -0.127. The molecule has 0 saturated carbocycles. The summed E-state index contributed by atoms with van der Waals surface area (Å²) in [5.41, 5.74) is 2.66. The summed E-state index contributed by atoms with van der Waals surface area (Å²) < 4.78 is 0. The zero-order chi connectivity index (χ0) is 12.5. The van der Waals surface area contributed by atoms with Gasteiger partial charge in [-0.05, 0) is 37.2 Å². The van der Waals surface area contributed by atoms with Crippen molar-refractivity contribution in [3.05, 3.63) is 11.1 Å². The molecule has 1 N–H and O–H groups in total. The molecule has 0 aromatic heterocycles. The Morgan fingerprint density at radius 3 is 2.53 bits per heavy atom. The van der Waals surface area contributed by atoms with Crippen molar-refractivity contribution in [2.45, 2.75) is 40.0 Å². The van der Waals surface area contributed by atoms with Gasteiger partial charge in [0.15, 0.2) is 0 Å². The fraction of sp³-hybridized carbons (Fsp3) is 0.786. The lowest BCUT2D eigenvalue weighted by Gasteiger charge is -2.27. The van der Waals surface area contributed by atoms with E-state index in [1.54, 1.807) is 0 Å². The summed E-state index contributed by atoms with van der Waals surface area (Å²) in [7, 11) is 0. The number of likely N-dealkylation sites (tertiary alicyclic amines) is 1. The van der Waals surface area contributed by atoms with E-state index in [0.29, 0.717) is 5.41 Å². The van der Waals surface area contributed by atoms with E-state index in [-0.39, 0.29) is 5.91 Å². The van der Waals surface area contributed by atoms with Crippen LogP contribution in [0.3, 0.4) is 0 Å². The number of carbonyl (C=O) groups excluding carboxylic acids is 1. The Hall–Kier alpha value is -0.830. The minimum Gasteiger partial charge on any atom is -0.339 e. The van der Waals surface area contributed by atoms with E-state index in [9.17, 15) is 4.79 Å². The average Bonchev–Trinajstić information content (AvgIpc) is 2.35. The summed E-state index contributed by atoms with van der Waals surface area (Å²) in [5, 5.41) is 3.20. The van der Waals surface area contributed by atoms with Crippen molar-refractivity contribution in [3.8, 4) is 0 Å². The van der Waals surface area contributed by atoms with Crippen LogP contribution in [-0.4, -0.2) is 37.0 Å². The van der Waals surface area contributed by atoms with Crippen LogP contribution in [0.25, 0.3) is 0 Å². The molecule has 2 saturated heterocycles. The molecule has 2 heterocycles. The maximum Gasteiger partial charge on any atom is 0.249 e. The summed E-state index contributed by atoms with van der Waals surface area (Å²) in [5.74, 6) is 0.263. The first-order valence-electron chi connectivity index (χ1n) is 6.68. The molecule has 2 fully saturated rings. The van der Waals surface area contributed by atoms with Crippen molar-refractivity contribution in [1.29, 1.82) is 0 Å². The Morgan fingerprint density at radius 2 is 1.94 bits per heavy atom. The van der Waals surface area contributed by atoms with Gasteiger partial charge in [-0.3, -0.25) is 4.79 Å². The Labute approximate surface area is 104 Å². The molecule has 0 aliphatic carbocycles. The van der Waals surface area contributed by atoms with E-state index in [1.807, 2.05) is 6.92 Å². The quantitative estimate of drug-likeness (QED) is 0.706. The smallest absolute Gasteiger partial charge is 0.249 e. The second kappa shape index (κ2) is 4.81. The summed E-state index contributed by atoms with van der Waals surface area (Å²) >= 11 is 0. The molecule has 3 nitrogen and oxygen atoms in total. The highest BCUT2D eigenvalue weighted by atomic mass is 16.2. The number of nitrogens with zero attached hydrogens (tertiary/aromatic N) is 1. The first-order valence-corrected chi connectivity index (χ1v) is 6.68. The molecule has 2 aliphatic rings. The summed E-state index contributed by atoms with van der Waals surface area (Å²) in [4.78, 5) is 14.4. The summed E-state index contributed by atoms with van der Waals surface area (Å²) in [6, 6.07) is 0. The van der Waals surface area contributed by atoms with Crippen molar-refractivity contribution in [3.63, 3.8) is 0 Å². The van der Waals surface area contributed by atoms with Gasteiger partial charge in [-0.1, -0.05) is 13.8 Å². The van der Waals surface area contributed by atoms with Crippen molar-refractivity contribution in [2.24, 2.45) is 5.41 Å². The van der Waals surface area contributed by atoms with Gasteiger partial charge in [-0.2, -0.15) is 0 Å². The highest BCUT2D eigenvalue weighted by Crippen LogP contribution is 2.30. The summed E-state index contributed by atoms with van der Waals surface area (Å²) in [6.07, 6.45) is 3.49.